The van der Waals surface area contributed by atoms with E-state index in [1.807, 2.05) is 6.92 Å². The lowest BCUT2D eigenvalue weighted by Gasteiger charge is -2.36. The molecular formula is C26H51N2O+. The second kappa shape index (κ2) is 17.1. The van der Waals surface area contributed by atoms with Gasteiger partial charge in [-0.15, -0.1) is 0 Å². The van der Waals surface area contributed by atoms with Crippen LogP contribution in [0.2, 0.25) is 0 Å². The summed E-state index contributed by atoms with van der Waals surface area (Å²) in [6.07, 6.45) is 26.0. The zero-order chi connectivity index (χ0) is 21.2. The van der Waals surface area contributed by atoms with Crippen LogP contribution >= 0.6 is 0 Å². The molecule has 0 fully saturated rings. The maximum Gasteiger partial charge on any atom is 0.200 e. The first-order valence-electron chi connectivity index (χ1n) is 12.9. The van der Waals surface area contributed by atoms with Crippen LogP contribution in [0.3, 0.4) is 0 Å². The number of likely N-dealkylation sites (N-methyl/N-ethyl adjacent to an activating group) is 1. The fourth-order valence-corrected chi connectivity index (χ4v) is 4.77. The number of unbranched alkanes of at least 4 members (excludes halogenated alkanes) is 14. The van der Waals surface area contributed by atoms with Crippen LogP contribution in [0.5, 0.6) is 0 Å². The Labute approximate surface area is 182 Å². The molecule has 1 aliphatic rings. The van der Waals surface area contributed by atoms with E-state index in [4.69, 9.17) is 4.99 Å². The SMILES string of the molecule is C/C=C/CCCCCCCCCCCCCCCCC1=NCC[N+]1(CC)C(C)O. The van der Waals surface area contributed by atoms with Crippen molar-refractivity contribution in [3.63, 3.8) is 0 Å². The van der Waals surface area contributed by atoms with E-state index < -0.39 is 0 Å². The van der Waals surface area contributed by atoms with E-state index in [1.54, 1.807) is 0 Å². The zero-order valence-electron chi connectivity index (χ0n) is 20.0. The molecule has 0 aromatic carbocycles. The van der Waals surface area contributed by atoms with Gasteiger partial charge >= 0.3 is 0 Å². The summed E-state index contributed by atoms with van der Waals surface area (Å²) in [5, 5.41) is 10.2. The Morgan fingerprint density at radius 1 is 0.862 bits per heavy atom. The predicted molar refractivity (Wildman–Crippen MR) is 128 cm³/mol. The lowest BCUT2D eigenvalue weighted by molar-refractivity contribution is -0.882. The van der Waals surface area contributed by atoms with Gasteiger partial charge in [-0.3, -0.25) is 4.48 Å². The van der Waals surface area contributed by atoms with Crippen LogP contribution in [-0.2, 0) is 0 Å². The van der Waals surface area contributed by atoms with Crippen molar-refractivity contribution in [1.82, 2.24) is 0 Å². The number of rotatable bonds is 19. The highest BCUT2D eigenvalue weighted by Crippen LogP contribution is 2.23. The lowest BCUT2D eigenvalue weighted by Crippen LogP contribution is -2.56. The number of hydrogen-bond donors (Lipinski definition) is 1. The third-order valence-electron chi connectivity index (χ3n) is 6.84. The molecule has 0 aromatic heterocycles. The minimum absolute atomic E-state index is 0.315. The summed E-state index contributed by atoms with van der Waals surface area (Å²) in [6.45, 7) is 9.07. The Morgan fingerprint density at radius 3 is 1.79 bits per heavy atom. The van der Waals surface area contributed by atoms with Crippen molar-refractivity contribution < 1.29 is 9.59 Å². The highest BCUT2D eigenvalue weighted by atomic mass is 16.3. The van der Waals surface area contributed by atoms with Gasteiger partial charge in [0.25, 0.3) is 0 Å². The van der Waals surface area contributed by atoms with Gasteiger partial charge < -0.3 is 5.11 Å². The van der Waals surface area contributed by atoms with Gasteiger partial charge in [0.2, 0.25) is 5.84 Å². The molecule has 3 nitrogen and oxygen atoms in total. The molecule has 0 spiro atoms. The van der Waals surface area contributed by atoms with Crippen LogP contribution in [-0.4, -0.2) is 41.3 Å². The van der Waals surface area contributed by atoms with Gasteiger partial charge in [0.05, 0.1) is 13.1 Å². The summed E-state index contributed by atoms with van der Waals surface area (Å²) < 4.78 is 0.718. The third kappa shape index (κ3) is 10.8. The van der Waals surface area contributed by atoms with Crippen molar-refractivity contribution in [3.05, 3.63) is 12.2 Å². The van der Waals surface area contributed by atoms with Gasteiger partial charge in [0.1, 0.15) is 6.54 Å². The Balaban J connectivity index is 1.86. The largest absolute Gasteiger partial charge is 0.345 e. The molecule has 0 saturated heterocycles. The molecule has 1 aliphatic heterocycles. The molecule has 29 heavy (non-hydrogen) atoms. The quantitative estimate of drug-likeness (QED) is 0.135. The number of amidine groups is 1. The van der Waals surface area contributed by atoms with Gasteiger partial charge in [0, 0.05) is 13.3 Å². The first-order chi connectivity index (χ1) is 14.2. The first kappa shape index (κ1) is 26.4. The van der Waals surface area contributed by atoms with Gasteiger partial charge in [-0.05, 0) is 33.1 Å². The number of allylic oxidation sites excluding steroid dienone is 2. The molecule has 1 N–H and O–H groups in total. The lowest BCUT2D eigenvalue weighted by atomic mass is 10.0. The minimum Gasteiger partial charge on any atom is -0.345 e. The van der Waals surface area contributed by atoms with E-state index in [0.717, 1.165) is 30.5 Å². The zero-order valence-corrected chi connectivity index (χ0v) is 20.0. The van der Waals surface area contributed by atoms with Crippen molar-refractivity contribution >= 4 is 5.84 Å². The Hall–Kier alpha value is -0.670. The summed E-state index contributed by atoms with van der Waals surface area (Å²) in [4.78, 5) is 4.72. The fraction of sp³-hybridized carbons (Fsp3) is 0.885. The van der Waals surface area contributed by atoms with Crippen LogP contribution in [0.1, 0.15) is 124 Å². The van der Waals surface area contributed by atoms with Gasteiger partial charge in [-0.25, -0.2) is 4.99 Å². The number of aliphatic hydroxyl groups excluding tert-OH is 1. The van der Waals surface area contributed by atoms with Gasteiger partial charge in [-0.1, -0.05) is 89.2 Å². The van der Waals surface area contributed by atoms with Crippen LogP contribution in [0, 0.1) is 0 Å². The number of nitrogens with zero attached hydrogens (tertiary/aromatic N) is 2. The summed E-state index contributed by atoms with van der Waals surface area (Å²) in [5.74, 6) is 1.25. The Kier molecular flexibility index (Phi) is 15.5. The smallest absolute Gasteiger partial charge is 0.200 e. The number of aliphatic hydroxyl groups is 1. The number of aliphatic imine (C=N–C) groups is 1. The minimum atomic E-state index is -0.315. The van der Waals surface area contributed by atoms with Crippen molar-refractivity contribution in [2.75, 3.05) is 19.6 Å². The summed E-state index contributed by atoms with van der Waals surface area (Å²) >= 11 is 0. The molecule has 1 heterocycles. The Bertz CT molecular complexity index is 444. The molecule has 2 atom stereocenters. The summed E-state index contributed by atoms with van der Waals surface area (Å²) in [5.41, 5.74) is 0. The third-order valence-corrected chi connectivity index (χ3v) is 6.84. The average molecular weight is 408 g/mol. The highest BCUT2D eigenvalue weighted by Gasteiger charge is 2.40. The van der Waals surface area contributed by atoms with Crippen LogP contribution in [0.4, 0.5) is 0 Å². The van der Waals surface area contributed by atoms with Gasteiger partial charge in [0.15, 0.2) is 6.23 Å². The fourth-order valence-electron chi connectivity index (χ4n) is 4.77. The standard InChI is InChI=1S/C26H51N2O/c1-4-6-7-8-9-10-11-12-13-14-15-16-17-18-19-20-21-22-26-27-23-24-28(26,5-2)25(3)29/h4,6,25,29H,5,7-24H2,1-3H3/q+1/b6-4+. The first-order valence-corrected chi connectivity index (χ1v) is 12.9. The molecular weight excluding hydrogens is 356 g/mol. The van der Waals surface area contributed by atoms with E-state index in [1.165, 1.54) is 102 Å². The van der Waals surface area contributed by atoms with E-state index in [2.05, 4.69) is 26.0 Å². The second-order valence-electron chi connectivity index (χ2n) is 9.06. The molecule has 0 bridgehead atoms. The summed E-state index contributed by atoms with van der Waals surface area (Å²) in [6, 6.07) is 0. The second-order valence-corrected chi connectivity index (χ2v) is 9.06. The van der Waals surface area contributed by atoms with E-state index >= 15 is 0 Å². The van der Waals surface area contributed by atoms with Crippen molar-refractivity contribution in [2.24, 2.45) is 4.99 Å². The van der Waals surface area contributed by atoms with Crippen molar-refractivity contribution in [2.45, 2.75) is 130 Å². The van der Waals surface area contributed by atoms with E-state index in [0.29, 0.717) is 0 Å². The normalized spacial score (nSPS) is 20.5. The molecule has 2 unspecified atom stereocenters. The van der Waals surface area contributed by atoms with E-state index in [9.17, 15) is 5.11 Å². The molecule has 0 saturated carbocycles. The molecule has 0 amide bonds. The Morgan fingerprint density at radius 2 is 1.34 bits per heavy atom. The predicted octanol–water partition coefficient (Wildman–Crippen LogP) is 7.39. The van der Waals surface area contributed by atoms with E-state index in [-0.39, 0.29) is 6.23 Å². The van der Waals surface area contributed by atoms with Crippen LogP contribution < -0.4 is 0 Å². The average Bonchev–Trinajstić information content (AvgIpc) is 3.14. The topological polar surface area (TPSA) is 32.6 Å². The van der Waals surface area contributed by atoms with Crippen molar-refractivity contribution in [3.8, 4) is 0 Å². The summed E-state index contributed by atoms with van der Waals surface area (Å²) in [7, 11) is 0. The maximum absolute atomic E-state index is 10.2. The maximum atomic E-state index is 10.2. The van der Waals surface area contributed by atoms with Crippen LogP contribution in [0.25, 0.3) is 0 Å². The number of quaternary nitrogens is 1. The van der Waals surface area contributed by atoms with Crippen LogP contribution in [0.15, 0.2) is 17.1 Å². The van der Waals surface area contributed by atoms with Gasteiger partial charge in [-0.2, -0.15) is 0 Å². The number of hydrogen-bond acceptors (Lipinski definition) is 2. The van der Waals surface area contributed by atoms with Crippen molar-refractivity contribution in [1.29, 1.82) is 0 Å². The molecule has 0 aliphatic carbocycles. The molecule has 3 heteroatoms. The monoisotopic (exact) mass is 407 g/mol. The molecule has 1 rings (SSSR count). The molecule has 0 radical (unpaired) electrons. The molecule has 0 aromatic rings. The molecule has 170 valence electrons. The highest BCUT2D eigenvalue weighted by molar-refractivity contribution is 5.76.